The summed E-state index contributed by atoms with van der Waals surface area (Å²) in [6.45, 7) is 2.16. The Labute approximate surface area is 185 Å². The van der Waals surface area contributed by atoms with Gasteiger partial charge in [-0.3, -0.25) is 14.4 Å². The molecule has 1 aliphatic carbocycles. The lowest BCUT2D eigenvalue weighted by molar-refractivity contribution is -0.140. The molecule has 0 unspecified atom stereocenters. The summed E-state index contributed by atoms with van der Waals surface area (Å²) < 4.78 is 1.59. The normalized spacial score (nSPS) is 26.9. The summed E-state index contributed by atoms with van der Waals surface area (Å²) in [7, 11) is 1.55. The molecule has 0 spiro atoms. The van der Waals surface area contributed by atoms with Crippen molar-refractivity contribution in [1.82, 2.24) is 30.5 Å². The summed E-state index contributed by atoms with van der Waals surface area (Å²) in [6, 6.07) is 6.68. The maximum absolute atomic E-state index is 13.4. The van der Waals surface area contributed by atoms with Crippen LogP contribution in [0, 0.1) is 23.7 Å². The molecule has 1 fully saturated rings. The van der Waals surface area contributed by atoms with Crippen LogP contribution in [-0.4, -0.2) is 69.0 Å². The molecule has 3 amide bonds. The highest BCUT2D eigenvalue weighted by Crippen LogP contribution is 2.43. The van der Waals surface area contributed by atoms with Gasteiger partial charge in [0.05, 0.1) is 17.4 Å². The lowest BCUT2D eigenvalue weighted by atomic mass is 9.70. The molecule has 5 atom stereocenters. The summed E-state index contributed by atoms with van der Waals surface area (Å²) in [5, 5.41) is 23.0. The average molecular weight is 441 g/mol. The number of hydrogen-bond acceptors (Lipinski definition) is 6. The van der Waals surface area contributed by atoms with Crippen LogP contribution >= 0.6 is 0 Å². The number of nitrogens with one attached hydrogen (secondary N) is 2. The molecule has 170 valence electrons. The van der Waals surface area contributed by atoms with Gasteiger partial charge in [-0.15, -0.1) is 5.10 Å². The number of benzene rings is 1. The maximum Gasteiger partial charge on any atom is 0.244 e. The van der Waals surface area contributed by atoms with Gasteiger partial charge < -0.3 is 20.6 Å². The van der Waals surface area contributed by atoms with E-state index in [0.717, 1.165) is 11.0 Å². The Kier molecular flexibility index (Phi) is 6.22. The van der Waals surface area contributed by atoms with E-state index in [4.69, 9.17) is 0 Å². The number of carbonyl (C=O) groups is 3. The van der Waals surface area contributed by atoms with E-state index in [1.54, 1.807) is 11.7 Å². The van der Waals surface area contributed by atoms with Crippen molar-refractivity contribution < 1.29 is 19.5 Å². The van der Waals surface area contributed by atoms with Gasteiger partial charge >= 0.3 is 0 Å². The molecular formula is C22H28N6O4. The third kappa shape index (κ3) is 3.75. The highest BCUT2D eigenvalue weighted by molar-refractivity contribution is 5.96. The fourth-order valence-corrected chi connectivity index (χ4v) is 4.93. The number of aliphatic hydroxyl groups is 1. The van der Waals surface area contributed by atoms with E-state index in [1.807, 2.05) is 43.3 Å². The highest BCUT2D eigenvalue weighted by atomic mass is 16.3. The van der Waals surface area contributed by atoms with Crippen molar-refractivity contribution in [2.75, 3.05) is 20.2 Å². The predicted molar refractivity (Wildman–Crippen MR) is 116 cm³/mol. The van der Waals surface area contributed by atoms with Crippen molar-refractivity contribution in [3.63, 3.8) is 0 Å². The first-order chi connectivity index (χ1) is 15.5. The highest BCUT2D eigenvalue weighted by Gasteiger charge is 2.56. The van der Waals surface area contributed by atoms with Crippen molar-refractivity contribution in [1.29, 1.82) is 0 Å². The molecule has 3 N–H and O–H groups in total. The fourth-order valence-electron chi connectivity index (χ4n) is 4.93. The quantitative estimate of drug-likeness (QED) is 0.516. The Balaban J connectivity index is 1.59. The third-order valence-electron chi connectivity index (χ3n) is 6.47. The lowest BCUT2D eigenvalue weighted by Crippen LogP contribution is -2.48. The number of nitrogens with zero attached hydrogens (tertiary/aromatic N) is 4. The molecule has 10 heteroatoms. The minimum atomic E-state index is -0.759. The second-order valence-corrected chi connectivity index (χ2v) is 8.32. The second kappa shape index (κ2) is 9.07. The molecule has 1 aliphatic heterocycles. The van der Waals surface area contributed by atoms with E-state index in [2.05, 4.69) is 20.9 Å². The molecular weight excluding hydrogens is 412 g/mol. The zero-order valence-corrected chi connectivity index (χ0v) is 18.1. The number of amides is 3. The molecule has 32 heavy (non-hydrogen) atoms. The van der Waals surface area contributed by atoms with Crippen LogP contribution in [0.5, 0.6) is 0 Å². The average Bonchev–Trinajstić information content (AvgIpc) is 3.34. The number of fused-ring (bicyclic) bond motifs is 2. The molecule has 4 rings (SSSR count). The number of aromatic nitrogens is 3. The molecule has 2 heterocycles. The van der Waals surface area contributed by atoms with E-state index < -0.39 is 23.8 Å². The monoisotopic (exact) mass is 440 g/mol. The van der Waals surface area contributed by atoms with Gasteiger partial charge in [0.25, 0.3) is 0 Å². The SMILES string of the molecule is CNC(=O)[C@H]1[C@@H]2C(=O)N(CCCO)[C@H](C(=O)NCn3nnc4ccccc43)[C@H]2C=C[C@H]1C. The predicted octanol–water partition coefficient (Wildman–Crippen LogP) is -0.101. The summed E-state index contributed by atoms with van der Waals surface area (Å²) >= 11 is 0. The molecule has 0 saturated carbocycles. The summed E-state index contributed by atoms with van der Waals surface area (Å²) in [5.41, 5.74) is 1.51. The number of rotatable bonds is 7. The summed E-state index contributed by atoms with van der Waals surface area (Å²) in [4.78, 5) is 40.8. The smallest absolute Gasteiger partial charge is 0.244 e. The Hall–Kier alpha value is -3.27. The van der Waals surface area contributed by atoms with Crippen molar-refractivity contribution in [3.8, 4) is 0 Å². The van der Waals surface area contributed by atoms with E-state index in [-0.39, 0.29) is 43.5 Å². The Morgan fingerprint density at radius 1 is 1.19 bits per heavy atom. The molecule has 1 aromatic carbocycles. The van der Waals surface area contributed by atoms with E-state index in [1.165, 1.54) is 4.90 Å². The molecule has 0 bridgehead atoms. The first kappa shape index (κ1) is 21.9. The lowest BCUT2D eigenvalue weighted by Gasteiger charge is -2.32. The first-order valence-electron chi connectivity index (χ1n) is 10.8. The number of allylic oxidation sites excluding steroid dienone is 1. The van der Waals surface area contributed by atoms with Gasteiger partial charge in [0, 0.05) is 26.1 Å². The topological polar surface area (TPSA) is 129 Å². The van der Waals surface area contributed by atoms with Crippen LogP contribution in [-0.2, 0) is 21.1 Å². The van der Waals surface area contributed by atoms with Crippen LogP contribution < -0.4 is 10.6 Å². The van der Waals surface area contributed by atoms with Crippen LogP contribution in [0.1, 0.15) is 13.3 Å². The number of aliphatic hydroxyl groups excluding tert-OH is 1. The molecule has 1 saturated heterocycles. The van der Waals surface area contributed by atoms with Gasteiger partial charge in [0.15, 0.2) is 0 Å². The maximum atomic E-state index is 13.4. The minimum absolute atomic E-state index is 0.0937. The Bertz CT molecular complexity index is 1050. The number of para-hydroxylation sites is 1. The van der Waals surface area contributed by atoms with Crippen molar-refractivity contribution >= 4 is 28.8 Å². The second-order valence-electron chi connectivity index (χ2n) is 8.32. The fraction of sp³-hybridized carbons (Fsp3) is 0.500. The first-order valence-corrected chi connectivity index (χ1v) is 10.8. The van der Waals surface area contributed by atoms with Gasteiger partial charge in [0.2, 0.25) is 17.7 Å². The molecule has 10 nitrogen and oxygen atoms in total. The molecule has 2 aromatic rings. The number of hydrogen-bond donors (Lipinski definition) is 3. The Morgan fingerprint density at radius 3 is 2.72 bits per heavy atom. The minimum Gasteiger partial charge on any atom is -0.396 e. The summed E-state index contributed by atoms with van der Waals surface area (Å²) in [6.07, 6.45) is 4.16. The number of carbonyl (C=O) groups excluding carboxylic acids is 3. The van der Waals surface area contributed by atoms with Crippen LogP contribution in [0.15, 0.2) is 36.4 Å². The van der Waals surface area contributed by atoms with Crippen LogP contribution in [0.25, 0.3) is 11.0 Å². The van der Waals surface area contributed by atoms with E-state index in [0.29, 0.717) is 6.42 Å². The van der Waals surface area contributed by atoms with Crippen molar-refractivity contribution in [2.45, 2.75) is 26.1 Å². The van der Waals surface area contributed by atoms with Crippen LogP contribution in [0.4, 0.5) is 0 Å². The third-order valence-corrected chi connectivity index (χ3v) is 6.47. The van der Waals surface area contributed by atoms with Crippen LogP contribution in [0.2, 0.25) is 0 Å². The molecule has 2 aliphatic rings. The van der Waals surface area contributed by atoms with E-state index >= 15 is 0 Å². The molecule has 1 aromatic heterocycles. The Morgan fingerprint density at radius 2 is 1.97 bits per heavy atom. The standard InChI is InChI=1S/C22H28N6O4/c1-13-8-9-14-18(17(13)20(30)23-2)22(32)27(10-5-11-29)19(14)21(31)24-12-28-16-7-4-3-6-15(16)25-26-28/h3-4,6-9,13-14,17-19,29H,5,10-12H2,1-2H3,(H,23,30)(H,24,31)/t13-,14+,17-,18-,19+/m1/s1. The van der Waals surface area contributed by atoms with E-state index in [9.17, 15) is 19.5 Å². The van der Waals surface area contributed by atoms with Crippen molar-refractivity contribution in [2.24, 2.45) is 23.7 Å². The molecule has 0 radical (unpaired) electrons. The van der Waals surface area contributed by atoms with Crippen molar-refractivity contribution in [3.05, 3.63) is 36.4 Å². The zero-order chi connectivity index (χ0) is 22.8. The zero-order valence-electron chi connectivity index (χ0n) is 18.1. The van der Waals surface area contributed by atoms with Gasteiger partial charge in [0.1, 0.15) is 18.2 Å². The van der Waals surface area contributed by atoms with Crippen LogP contribution in [0.3, 0.4) is 0 Å². The van der Waals surface area contributed by atoms with Gasteiger partial charge in [-0.05, 0) is 24.5 Å². The van der Waals surface area contributed by atoms with Gasteiger partial charge in [-0.2, -0.15) is 0 Å². The summed E-state index contributed by atoms with van der Waals surface area (Å²) in [5.74, 6) is -2.46. The number of likely N-dealkylation sites (tertiary alicyclic amines) is 1. The largest absolute Gasteiger partial charge is 0.396 e. The van der Waals surface area contributed by atoms with Gasteiger partial charge in [-0.25, -0.2) is 4.68 Å². The van der Waals surface area contributed by atoms with Gasteiger partial charge in [-0.1, -0.05) is 36.4 Å².